The zero-order valence-corrected chi connectivity index (χ0v) is 5.19. The van der Waals surface area contributed by atoms with Crippen molar-refractivity contribution in [2.24, 2.45) is 11.7 Å². The van der Waals surface area contributed by atoms with Crippen LogP contribution in [-0.2, 0) is 4.74 Å². The molecular weight excluding hydrogens is 147 g/mol. The number of hydrogen-bond donors (Lipinski definition) is 1. The summed E-state index contributed by atoms with van der Waals surface area (Å²) in [5.41, 5.74) is 5.12. The SMILES string of the molecule is NC1COCC1C(F)(F)F. The average molecular weight is 155 g/mol. The number of nitrogens with two attached hydrogens (primary N) is 1. The standard InChI is InChI=1S/C5H8F3NO/c6-5(7,8)3-1-10-2-4(3)9/h3-4H,1-2,9H2. The molecule has 1 rings (SSSR count). The fourth-order valence-electron chi connectivity index (χ4n) is 0.908. The maximum absolute atomic E-state index is 11.9. The third kappa shape index (κ3) is 1.41. The molecule has 0 aliphatic carbocycles. The van der Waals surface area contributed by atoms with Crippen molar-refractivity contribution in [2.45, 2.75) is 12.2 Å². The van der Waals surface area contributed by atoms with Crippen LogP contribution in [0.25, 0.3) is 0 Å². The van der Waals surface area contributed by atoms with Crippen molar-refractivity contribution in [3.8, 4) is 0 Å². The third-order valence-electron chi connectivity index (χ3n) is 1.54. The van der Waals surface area contributed by atoms with E-state index in [1.807, 2.05) is 0 Å². The van der Waals surface area contributed by atoms with Gasteiger partial charge < -0.3 is 10.5 Å². The molecule has 0 bridgehead atoms. The summed E-state index contributed by atoms with van der Waals surface area (Å²) in [6.07, 6.45) is -4.20. The van der Waals surface area contributed by atoms with E-state index in [4.69, 9.17) is 5.73 Å². The minimum absolute atomic E-state index is 0.0180. The summed E-state index contributed by atoms with van der Waals surface area (Å²) in [6.45, 7) is -0.269. The van der Waals surface area contributed by atoms with E-state index in [0.29, 0.717) is 0 Å². The summed E-state index contributed by atoms with van der Waals surface area (Å²) < 4.78 is 40.1. The molecule has 2 nitrogen and oxygen atoms in total. The van der Waals surface area contributed by atoms with Gasteiger partial charge in [0.15, 0.2) is 0 Å². The van der Waals surface area contributed by atoms with Crippen LogP contribution in [0.5, 0.6) is 0 Å². The Morgan fingerprint density at radius 3 is 2.10 bits per heavy atom. The predicted octanol–water partition coefficient (Wildman–Crippen LogP) is 0.522. The maximum atomic E-state index is 11.9. The minimum atomic E-state index is -4.20. The molecule has 2 atom stereocenters. The molecule has 0 amide bonds. The molecule has 5 heteroatoms. The van der Waals surface area contributed by atoms with Crippen LogP contribution in [0.4, 0.5) is 13.2 Å². The summed E-state index contributed by atoms with van der Waals surface area (Å²) in [5, 5.41) is 0. The normalized spacial score (nSPS) is 34.8. The first-order valence-electron chi connectivity index (χ1n) is 2.92. The van der Waals surface area contributed by atoms with Gasteiger partial charge in [-0.2, -0.15) is 13.2 Å². The van der Waals surface area contributed by atoms with Crippen molar-refractivity contribution in [3.63, 3.8) is 0 Å². The van der Waals surface area contributed by atoms with Gasteiger partial charge in [0.05, 0.1) is 19.1 Å². The number of rotatable bonds is 0. The molecule has 0 spiro atoms. The molecule has 0 aromatic rings. The zero-order valence-electron chi connectivity index (χ0n) is 5.19. The van der Waals surface area contributed by atoms with E-state index < -0.39 is 18.1 Å². The first-order chi connectivity index (χ1) is 4.52. The maximum Gasteiger partial charge on any atom is 0.395 e. The number of alkyl halides is 3. The van der Waals surface area contributed by atoms with E-state index in [1.165, 1.54) is 0 Å². The molecule has 1 saturated heterocycles. The number of halogens is 3. The molecule has 0 aromatic heterocycles. The second kappa shape index (κ2) is 2.39. The highest BCUT2D eigenvalue weighted by Crippen LogP contribution is 2.31. The van der Waals surface area contributed by atoms with E-state index in [1.54, 1.807) is 0 Å². The molecule has 0 radical (unpaired) electrons. The van der Waals surface area contributed by atoms with Crippen molar-refractivity contribution in [1.82, 2.24) is 0 Å². The van der Waals surface area contributed by atoms with Crippen LogP contribution in [-0.4, -0.2) is 25.4 Å². The van der Waals surface area contributed by atoms with Crippen molar-refractivity contribution < 1.29 is 17.9 Å². The van der Waals surface area contributed by atoms with Gasteiger partial charge in [-0.25, -0.2) is 0 Å². The summed E-state index contributed by atoms with van der Waals surface area (Å²) in [6, 6.07) is -0.875. The van der Waals surface area contributed by atoms with Crippen LogP contribution in [0.2, 0.25) is 0 Å². The van der Waals surface area contributed by atoms with Crippen molar-refractivity contribution in [1.29, 1.82) is 0 Å². The molecule has 1 heterocycles. The monoisotopic (exact) mass is 155 g/mol. The first kappa shape index (κ1) is 7.81. The fraction of sp³-hybridized carbons (Fsp3) is 1.00. The second-order valence-corrected chi connectivity index (χ2v) is 2.35. The number of ether oxygens (including phenoxy) is 1. The van der Waals surface area contributed by atoms with Gasteiger partial charge in [0, 0.05) is 6.04 Å². The lowest BCUT2D eigenvalue weighted by Gasteiger charge is -2.16. The fourth-order valence-corrected chi connectivity index (χ4v) is 0.908. The van der Waals surface area contributed by atoms with Crippen molar-refractivity contribution in [3.05, 3.63) is 0 Å². The highest BCUT2D eigenvalue weighted by molar-refractivity contribution is 4.83. The predicted molar refractivity (Wildman–Crippen MR) is 28.3 cm³/mol. The van der Waals surface area contributed by atoms with E-state index in [2.05, 4.69) is 4.74 Å². The van der Waals surface area contributed by atoms with E-state index in [0.717, 1.165) is 0 Å². The van der Waals surface area contributed by atoms with E-state index >= 15 is 0 Å². The van der Waals surface area contributed by atoms with Crippen LogP contribution >= 0.6 is 0 Å². The lowest BCUT2D eigenvalue weighted by Crippen LogP contribution is -2.38. The van der Waals surface area contributed by atoms with Gasteiger partial charge in [-0.05, 0) is 0 Å². The summed E-state index contributed by atoms with van der Waals surface area (Å²) in [4.78, 5) is 0. The Hall–Kier alpha value is -0.290. The lowest BCUT2D eigenvalue weighted by atomic mass is 10.1. The molecule has 2 unspecified atom stereocenters. The molecule has 60 valence electrons. The number of hydrogen-bond acceptors (Lipinski definition) is 2. The smallest absolute Gasteiger partial charge is 0.379 e. The summed E-state index contributed by atoms with van der Waals surface area (Å²) in [5.74, 6) is -1.47. The topological polar surface area (TPSA) is 35.2 Å². The van der Waals surface area contributed by atoms with Gasteiger partial charge in [-0.3, -0.25) is 0 Å². The van der Waals surface area contributed by atoms with Gasteiger partial charge >= 0.3 is 6.18 Å². The highest BCUT2D eigenvalue weighted by atomic mass is 19.4. The first-order valence-corrected chi connectivity index (χ1v) is 2.92. The third-order valence-corrected chi connectivity index (χ3v) is 1.54. The minimum Gasteiger partial charge on any atom is -0.379 e. The van der Waals surface area contributed by atoms with Crippen LogP contribution in [0.1, 0.15) is 0 Å². The molecule has 1 aliphatic heterocycles. The lowest BCUT2D eigenvalue weighted by molar-refractivity contribution is -0.175. The summed E-state index contributed by atoms with van der Waals surface area (Å²) >= 11 is 0. The molecule has 10 heavy (non-hydrogen) atoms. The van der Waals surface area contributed by atoms with Gasteiger partial charge in [-0.1, -0.05) is 0 Å². The Kier molecular flexibility index (Phi) is 1.87. The Morgan fingerprint density at radius 1 is 1.30 bits per heavy atom. The molecule has 2 N–H and O–H groups in total. The van der Waals surface area contributed by atoms with Crippen LogP contribution in [0, 0.1) is 5.92 Å². The van der Waals surface area contributed by atoms with Gasteiger partial charge in [0.1, 0.15) is 0 Å². The Labute approximate surface area is 56.1 Å². The zero-order chi connectivity index (χ0) is 7.78. The Bertz CT molecular complexity index is 125. The Balaban J connectivity index is 2.55. The molecule has 1 fully saturated rings. The van der Waals surface area contributed by atoms with Crippen LogP contribution in [0.15, 0.2) is 0 Å². The summed E-state index contributed by atoms with van der Waals surface area (Å²) in [7, 11) is 0. The van der Waals surface area contributed by atoms with E-state index in [-0.39, 0.29) is 13.2 Å². The molecule has 0 saturated carbocycles. The van der Waals surface area contributed by atoms with Crippen LogP contribution in [0.3, 0.4) is 0 Å². The molecule has 0 aromatic carbocycles. The average Bonchev–Trinajstić information content (AvgIpc) is 2.11. The van der Waals surface area contributed by atoms with E-state index in [9.17, 15) is 13.2 Å². The molecule has 1 aliphatic rings. The van der Waals surface area contributed by atoms with Gasteiger partial charge in [0.25, 0.3) is 0 Å². The quantitative estimate of drug-likeness (QED) is 0.553. The molecular formula is C5H8F3NO. The van der Waals surface area contributed by atoms with Crippen molar-refractivity contribution >= 4 is 0 Å². The largest absolute Gasteiger partial charge is 0.395 e. The van der Waals surface area contributed by atoms with Crippen LogP contribution < -0.4 is 5.73 Å². The van der Waals surface area contributed by atoms with Crippen molar-refractivity contribution in [2.75, 3.05) is 13.2 Å². The second-order valence-electron chi connectivity index (χ2n) is 2.35. The van der Waals surface area contributed by atoms with Gasteiger partial charge in [-0.15, -0.1) is 0 Å². The Morgan fingerprint density at radius 2 is 1.90 bits per heavy atom. The van der Waals surface area contributed by atoms with Gasteiger partial charge in [0.2, 0.25) is 0 Å². The highest BCUT2D eigenvalue weighted by Gasteiger charge is 2.46.